The Labute approximate surface area is 132 Å². The number of nitrogens with zero attached hydrogens (tertiary/aromatic N) is 3. The topological polar surface area (TPSA) is 46.1 Å². The summed E-state index contributed by atoms with van der Waals surface area (Å²) >= 11 is 1.31. The summed E-state index contributed by atoms with van der Waals surface area (Å²) in [4.78, 5) is 22.6. The van der Waals surface area contributed by atoms with Crippen LogP contribution in [0.3, 0.4) is 0 Å². The Hall–Kier alpha value is -1.95. The normalized spacial score (nSPS) is 17.2. The first kappa shape index (κ1) is 15.0. The van der Waals surface area contributed by atoms with Gasteiger partial charge in [-0.15, -0.1) is 0 Å². The fraction of sp³-hybridized carbons (Fsp3) is 0.312. The molecule has 1 aromatic heterocycles. The van der Waals surface area contributed by atoms with E-state index in [4.69, 9.17) is 0 Å². The number of benzene rings is 1. The molecule has 0 radical (unpaired) electrons. The van der Waals surface area contributed by atoms with Crippen LogP contribution in [-0.4, -0.2) is 27.7 Å². The van der Waals surface area contributed by atoms with Gasteiger partial charge in [-0.2, -0.15) is 0 Å². The van der Waals surface area contributed by atoms with Crippen molar-refractivity contribution in [2.24, 2.45) is 0 Å². The van der Waals surface area contributed by atoms with Gasteiger partial charge in [0.15, 0.2) is 5.16 Å². The number of hydrogen-bond donors (Lipinski definition) is 0. The minimum Gasteiger partial charge on any atom is -0.309 e. The van der Waals surface area contributed by atoms with Crippen molar-refractivity contribution in [2.45, 2.75) is 31.0 Å². The summed E-state index contributed by atoms with van der Waals surface area (Å²) in [6.07, 6.45) is 4.95. The van der Waals surface area contributed by atoms with Gasteiger partial charge in [-0.25, -0.2) is 14.4 Å². The number of amides is 1. The van der Waals surface area contributed by atoms with Crippen LogP contribution in [0.15, 0.2) is 41.8 Å². The van der Waals surface area contributed by atoms with Gasteiger partial charge in [0.05, 0.1) is 5.75 Å². The third kappa shape index (κ3) is 3.11. The zero-order chi connectivity index (χ0) is 15.5. The molecule has 1 unspecified atom stereocenters. The summed E-state index contributed by atoms with van der Waals surface area (Å²) in [5.41, 5.74) is 1.71. The van der Waals surface area contributed by atoms with E-state index in [9.17, 15) is 9.18 Å². The third-order valence-electron chi connectivity index (χ3n) is 3.71. The molecule has 0 saturated carbocycles. The van der Waals surface area contributed by atoms with Crippen molar-refractivity contribution in [3.63, 3.8) is 0 Å². The summed E-state index contributed by atoms with van der Waals surface area (Å²) in [5, 5.41) is 0.583. The van der Waals surface area contributed by atoms with Crippen LogP contribution in [-0.2, 0) is 11.2 Å². The summed E-state index contributed by atoms with van der Waals surface area (Å²) < 4.78 is 13.4. The van der Waals surface area contributed by atoms with E-state index in [0.717, 1.165) is 24.1 Å². The molecule has 0 fully saturated rings. The van der Waals surface area contributed by atoms with Crippen molar-refractivity contribution in [2.75, 3.05) is 10.7 Å². The molecule has 1 aliphatic heterocycles. The Morgan fingerprint density at radius 2 is 2.18 bits per heavy atom. The van der Waals surface area contributed by atoms with E-state index in [0.29, 0.717) is 5.16 Å². The number of carbonyl (C=O) groups is 1. The Morgan fingerprint density at radius 1 is 1.41 bits per heavy atom. The van der Waals surface area contributed by atoms with Crippen molar-refractivity contribution in [1.29, 1.82) is 0 Å². The second kappa shape index (κ2) is 6.44. The highest BCUT2D eigenvalue weighted by Crippen LogP contribution is 2.32. The molecule has 1 amide bonds. The number of halogens is 1. The van der Waals surface area contributed by atoms with Crippen LogP contribution in [0.2, 0.25) is 0 Å². The van der Waals surface area contributed by atoms with Gasteiger partial charge < -0.3 is 4.90 Å². The minimum atomic E-state index is -0.257. The summed E-state index contributed by atoms with van der Waals surface area (Å²) in [5.74, 6) is 0.0100. The number of thioether (sulfide) groups is 1. The van der Waals surface area contributed by atoms with Gasteiger partial charge in [-0.1, -0.05) is 11.8 Å². The fourth-order valence-electron chi connectivity index (χ4n) is 2.66. The second-order valence-corrected chi connectivity index (χ2v) is 6.19. The Bertz CT molecular complexity index is 680. The lowest BCUT2D eigenvalue weighted by molar-refractivity contribution is -0.116. The lowest BCUT2D eigenvalue weighted by atomic mass is 9.96. The highest BCUT2D eigenvalue weighted by atomic mass is 32.2. The summed E-state index contributed by atoms with van der Waals surface area (Å²) in [7, 11) is 0. The second-order valence-electron chi connectivity index (χ2n) is 5.24. The largest absolute Gasteiger partial charge is 0.309 e. The van der Waals surface area contributed by atoms with E-state index in [1.165, 1.54) is 23.9 Å². The summed E-state index contributed by atoms with van der Waals surface area (Å²) in [6, 6.07) is 6.48. The zero-order valence-electron chi connectivity index (χ0n) is 12.2. The minimum absolute atomic E-state index is 0.00230. The maximum absolute atomic E-state index is 13.4. The van der Waals surface area contributed by atoms with Crippen molar-refractivity contribution in [3.05, 3.63) is 48.0 Å². The molecule has 2 heterocycles. The molecule has 0 spiro atoms. The number of hydrogen-bond acceptors (Lipinski definition) is 4. The van der Waals surface area contributed by atoms with E-state index in [2.05, 4.69) is 9.97 Å². The molecule has 114 valence electrons. The van der Waals surface area contributed by atoms with Gasteiger partial charge in [0, 0.05) is 24.1 Å². The van der Waals surface area contributed by atoms with Gasteiger partial charge in [-0.3, -0.25) is 4.79 Å². The molecule has 22 heavy (non-hydrogen) atoms. The molecule has 0 bridgehead atoms. The number of aryl methyl sites for hydroxylation is 1. The van der Waals surface area contributed by atoms with Crippen LogP contribution in [0.4, 0.5) is 10.1 Å². The van der Waals surface area contributed by atoms with E-state index >= 15 is 0 Å². The molecule has 0 N–H and O–H groups in total. The maximum atomic E-state index is 13.4. The first-order valence-corrected chi connectivity index (χ1v) is 8.14. The standard InChI is InChI=1S/C16H16FN3OS/c1-11-3-4-12-9-13(17)5-6-14(12)20(11)15(21)10-22-16-18-7-2-8-19-16/h2,5-9,11H,3-4,10H2,1H3. The molecule has 4 nitrogen and oxygen atoms in total. The van der Waals surface area contributed by atoms with Crippen LogP contribution in [0.1, 0.15) is 18.9 Å². The Morgan fingerprint density at radius 3 is 2.95 bits per heavy atom. The van der Waals surface area contributed by atoms with Gasteiger partial charge in [0.2, 0.25) is 5.91 Å². The monoisotopic (exact) mass is 317 g/mol. The van der Waals surface area contributed by atoms with E-state index < -0.39 is 0 Å². The molecule has 3 rings (SSSR count). The molecule has 0 saturated heterocycles. The Balaban J connectivity index is 1.77. The van der Waals surface area contributed by atoms with Gasteiger partial charge in [0.25, 0.3) is 0 Å². The van der Waals surface area contributed by atoms with Crippen LogP contribution in [0.25, 0.3) is 0 Å². The van der Waals surface area contributed by atoms with Crippen LogP contribution < -0.4 is 4.90 Å². The zero-order valence-corrected chi connectivity index (χ0v) is 13.0. The molecular weight excluding hydrogens is 301 g/mol. The molecule has 2 aromatic rings. The van der Waals surface area contributed by atoms with Crippen molar-refractivity contribution >= 4 is 23.4 Å². The van der Waals surface area contributed by atoms with Crippen LogP contribution in [0, 0.1) is 5.82 Å². The highest BCUT2D eigenvalue weighted by molar-refractivity contribution is 7.99. The van der Waals surface area contributed by atoms with Gasteiger partial charge in [0.1, 0.15) is 5.82 Å². The van der Waals surface area contributed by atoms with Crippen LogP contribution in [0.5, 0.6) is 0 Å². The average Bonchev–Trinajstić information content (AvgIpc) is 2.54. The van der Waals surface area contributed by atoms with Crippen molar-refractivity contribution < 1.29 is 9.18 Å². The van der Waals surface area contributed by atoms with E-state index in [1.54, 1.807) is 29.4 Å². The van der Waals surface area contributed by atoms with Crippen molar-refractivity contribution in [3.8, 4) is 0 Å². The maximum Gasteiger partial charge on any atom is 0.237 e. The van der Waals surface area contributed by atoms with Crippen molar-refractivity contribution in [1.82, 2.24) is 9.97 Å². The molecule has 0 aliphatic carbocycles. The molecular formula is C16H16FN3OS. The average molecular weight is 317 g/mol. The molecule has 1 aromatic carbocycles. The molecule has 1 aliphatic rings. The quantitative estimate of drug-likeness (QED) is 0.645. The number of rotatable bonds is 3. The number of carbonyl (C=O) groups excluding carboxylic acids is 1. The predicted molar refractivity (Wildman–Crippen MR) is 84.4 cm³/mol. The fourth-order valence-corrected chi connectivity index (χ4v) is 3.32. The highest BCUT2D eigenvalue weighted by Gasteiger charge is 2.28. The SMILES string of the molecule is CC1CCc2cc(F)ccc2N1C(=O)CSc1ncccn1. The number of fused-ring (bicyclic) bond motifs is 1. The predicted octanol–water partition coefficient (Wildman–Crippen LogP) is 3.08. The van der Waals surface area contributed by atoms with Crippen LogP contribution >= 0.6 is 11.8 Å². The Kier molecular flexibility index (Phi) is 4.38. The number of aromatic nitrogens is 2. The lowest BCUT2D eigenvalue weighted by Crippen LogP contribution is -2.43. The van der Waals surface area contributed by atoms with E-state index in [-0.39, 0.29) is 23.5 Å². The third-order valence-corrected chi connectivity index (χ3v) is 4.57. The first-order valence-electron chi connectivity index (χ1n) is 7.15. The smallest absolute Gasteiger partial charge is 0.237 e. The number of anilines is 1. The summed E-state index contributed by atoms with van der Waals surface area (Å²) in [6.45, 7) is 2.02. The van der Waals surface area contributed by atoms with Gasteiger partial charge >= 0.3 is 0 Å². The lowest BCUT2D eigenvalue weighted by Gasteiger charge is -2.35. The van der Waals surface area contributed by atoms with Gasteiger partial charge in [-0.05, 0) is 49.6 Å². The van der Waals surface area contributed by atoms with E-state index in [1.807, 2.05) is 6.92 Å². The molecule has 1 atom stereocenters. The molecule has 6 heteroatoms. The first-order chi connectivity index (χ1) is 10.6.